The first kappa shape index (κ1) is 40.1. The number of nitrogens with zero attached hydrogens (tertiary/aromatic N) is 6. The Morgan fingerprint density at radius 2 is 1.09 bits per heavy atom. The third-order valence-electron chi connectivity index (χ3n) is 6.98. The molecule has 5 rings (SSSR count). The minimum atomic E-state index is -0.418. The predicted octanol–water partition coefficient (Wildman–Crippen LogP) is 3.75. The van der Waals surface area contributed by atoms with Crippen LogP contribution in [0.25, 0.3) is 10.8 Å². The van der Waals surface area contributed by atoms with E-state index in [1.165, 1.54) is 10.3 Å². The maximum Gasteiger partial charge on any atom is 2.00 e. The number of hydrogen-bond donors (Lipinski definition) is 0. The molecule has 14 heteroatoms. The van der Waals surface area contributed by atoms with Crippen molar-refractivity contribution in [2.24, 2.45) is 9.98 Å². The van der Waals surface area contributed by atoms with Crippen molar-refractivity contribution in [2.75, 3.05) is 39.3 Å². The van der Waals surface area contributed by atoms with E-state index in [-0.39, 0.29) is 62.7 Å². The fourth-order valence-corrected chi connectivity index (χ4v) is 5.42. The Kier molecular flexibility index (Phi) is 17.8. The van der Waals surface area contributed by atoms with E-state index >= 15 is 0 Å². The van der Waals surface area contributed by atoms with Crippen LogP contribution in [0.4, 0.5) is 0 Å². The fourth-order valence-electron chi connectivity index (χ4n) is 5.42. The Hall–Kier alpha value is -1.93. The summed E-state index contributed by atoms with van der Waals surface area (Å²) in [5.41, 5.74) is 4.41. The zero-order valence-electron chi connectivity index (χ0n) is 25.6. The number of ether oxygens (including phenoxy) is 2. The number of fused-ring (bicyclic) bond motifs is 8. The molecule has 4 bridgehead atoms. The van der Waals surface area contributed by atoms with Crippen LogP contribution in [-0.2, 0) is 48.4 Å². The number of isothiocyanates is 2. The molecule has 2 aromatic rings. The molecule has 2 aromatic carbocycles. The number of aryl methyl sites for hydroxylation is 2. The summed E-state index contributed by atoms with van der Waals surface area (Å²) in [6.45, 7) is 11.7. The van der Waals surface area contributed by atoms with Crippen LogP contribution in [0, 0.1) is 13.8 Å². The second kappa shape index (κ2) is 19.6. The van der Waals surface area contributed by atoms with Crippen LogP contribution < -0.4 is 10.2 Å². The van der Waals surface area contributed by atoms with Gasteiger partial charge < -0.3 is 30.5 Å². The van der Waals surface area contributed by atoms with E-state index < -0.39 is 12.5 Å². The molecule has 3 heterocycles. The van der Waals surface area contributed by atoms with Crippen LogP contribution in [0.1, 0.15) is 59.7 Å². The molecule has 3 aliphatic heterocycles. The summed E-state index contributed by atoms with van der Waals surface area (Å²) < 4.78 is 12.3. The molecule has 3 aliphatic rings. The van der Waals surface area contributed by atoms with Crippen molar-refractivity contribution in [2.45, 2.75) is 52.4 Å². The molecule has 0 aromatic heterocycles. The van der Waals surface area contributed by atoms with Gasteiger partial charge in [-0.25, -0.2) is 0 Å². The summed E-state index contributed by atoms with van der Waals surface area (Å²) in [5, 5.41) is 43.7. The fraction of sp³-hybridized carbons (Fsp3) is 0.467. The Balaban J connectivity index is 0.00000112. The Morgan fingerprint density at radius 3 is 1.43 bits per heavy atom. The molecule has 2 saturated heterocycles. The van der Waals surface area contributed by atoms with Crippen LogP contribution in [0.3, 0.4) is 0 Å². The van der Waals surface area contributed by atoms with Crippen molar-refractivity contribution in [3.8, 4) is 11.5 Å². The third-order valence-corrected chi connectivity index (χ3v) is 6.98. The van der Waals surface area contributed by atoms with Crippen molar-refractivity contribution < 1.29 is 58.6 Å². The van der Waals surface area contributed by atoms with Gasteiger partial charge in [-0.05, 0) is 49.9 Å². The smallest absolute Gasteiger partial charge is 0.872 e. The topological polar surface area (TPSA) is 140 Å². The predicted molar refractivity (Wildman–Crippen MR) is 168 cm³/mol. The largest absolute Gasteiger partial charge is 2.00 e. The van der Waals surface area contributed by atoms with E-state index in [9.17, 15) is 10.2 Å². The molecule has 0 radical (unpaired) electrons. The molecule has 0 aliphatic carbocycles. The van der Waals surface area contributed by atoms with Gasteiger partial charge in [-0.1, -0.05) is 71.3 Å². The molecule has 0 saturated carbocycles. The second-order valence-corrected chi connectivity index (χ2v) is 10.8. The molecular weight excluding hydrogens is 703 g/mol. The average Bonchev–Trinajstić information content (AvgIpc) is 3.49. The molecule has 10 nitrogen and oxygen atoms in total. The van der Waals surface area contributed by atoms with E-state index in [0.29, 0.717) is 61.5 Å². The van der Waals surface area contributed by atoms with Gasteiger partial charge in [0.15, 0.2) is 0 Å². The second-order valence-electron chi connectivity index (χ2n) is 10.4. The third kappa shape index (κ3) is 10.6. The molecule has 44 heavy (non-hydrogen) atoms. The van der Waals surface area contributed by atoms with Crippen molar-refractivity contribution in [1.29, 1.82) is 0 Å². The Bertz CT molecular complexity index is 1280. The first-order valence-electron chi connectivity index (χ1n) is 13.6. The van der Waals surface area contributed by atoms with Gasteiger partial charge in [-0.15, -0.1) is 0 Å². The van der Waals surface area contributed by atoms with Crippen molar-refractivity contribution in [3.05, 3.63) is 68.5 Å². The van der Waals surface area contributed by atoms with Gasteiger partial charge in [0, 0.05) is 38.6 Å². The summed E-state index contributed by atoms with van der Waals surface area (Å²) in [4.78, 5) is 13.5. The quantitative estimate of drug-likeness (QED) is 0.226. The number of rotatable bonds is 0. The minimum Gasteiger partial charge on any atom is -0.872 e. The molecule has 0 N–H and O–H groups in total. The van der Waals surface area contributed by atoms with E-state index in [0.717, 1.165) is 11.1 Å². The maximum absolute atomic E-state index is 13.4. The Labute approximate surface area is 295 Å². The van der Waals surface area contributed by atoms with Gasteiger partial charge in [0.1, 0.15) is 12.5 Å². The van der Waals surface area contributed by atoms with Crippen LogP contribution in [-0.4, -0.2) is 84.0 Å². The molecule has 2 fully saturated rings. The normalized spacial score (nSPS) is 22.8. The van der Waals surface area contributed by atoms with Crippen LogP contribution >= 0.6 is 24.4 Å². The van der Waals surface area contributed by atoms with Gasteiger partial charge in [-0.3, -0.25) is 19.8 Å². The molecule has 0 amide bonds. The van der Waals surface area contributed by atoms with Crippen LogP contribution in [0.2, 0.25) is 0 Å². The first-order valence-corrected chi connectivity index (χ1v) is 14.4. The first-order chi connectivity index (χ1) is 20.1. The van der Waals surface area contributed by atoms with Gasteiger partial charge >= 0.3 is 39.0 Å². The summed E-state index contributed by atoms with van der Waals surface area (Å²) in [7, 11) is 0. The summed E-state index contributed by atoms with van der Waals surface area (Å²) in [6, 6.07) is 7.59. The molecule has 224 valence electrons. The summed E-state index contributed by atoms with van der Waals surface area (Å²) in [6.07, 6.45) is 2.53. The number of benzene rings is 2. The van der Waals surface area contributed by atoms with Crippen molar-refractivity contribution >= 4 is 47.2 Å². The van der Waals surface area contributed by atoms with E-state index in [4.69, 9.17) is 20.3 Å². The van der Waals surface area contributed by atoms with E-state index in [1.807, 2.05) is 52.0 Å². The van der Waals surface area contributed by atoms with Crippen molar-refractivity contribution in [1.82, 2.24) is 9.80 Å². The molecule has 4 atom stereocenters. The maximum atomic E-state index is 13.4. The van der Waals surface area contributed by atoms with E-state index in [1.54, 1.807) is 12.4 Å². The average molecular weight is 738 g/mol. The molecular formula is C30H34N6O4S2Zn2. The van der Waals surface area contributed by atoms with Gasteiger partial charge in [-0.2, -0.15) is 10.3 Å². The van der Waals surface area contributed by atoms with E-state index in [2.05, 4.69) is 44.2 Å². The molecule has 0 spiro atoms. The summed E-state index contributed by atoms with van der Waals surface area (Å²) in [5.74, 6) is -0.0916. The van der Waals surface area contributed by atoms with Crippen LogP contribution in [0.15, 0.2) is 34.3 Å². The van der Waals surface area contributed by atoms with Gasteiger partial charge in [0.2, 0.25) is 0 Å². The zero-order valence-corrected chi connectivity index (χ0v) is 33.1. The number of aliphatic imine (C=N–C) groups is 2. The minimum absolute atomic E-state index is 0. The molecule has 0 unspecified atom stereocenters. The summed E-state index contributed by atoms with van der Waals surface area (Å²) >= 11 is 7.40. The monoisotopic (exact) mass is 734 g/mol. The van der Waals surface area contributed by atoms with Gasteiger partial charge in [0.25, 0.3) is 0 Å². The SMILES string of the molecule is Cc1cc2c([O-])c(c1)[C@H]1O[C@H](C)CN1CCN=Cc1cc(C)cc(c1[O-])[C@@H]1O[C@@H](C)CN1CCN=C2.[N-]=C=S.[N-]=C=S.[Zn+2].[Zn+2]. The van der Waals surface area contributed by atoms with Crippen molar-refractivity contribution in [3.63, 3.8) is 0 Å². The van der Waals surface area contributed by atoms with Crippen LogP contribution in [0.5, 0.6) is 11.5 Å². The standard InChI is InChI=1S/C28H36N4O4.2CNS.2Zn/c1-17-9-21-13-29-5-8-32-16-20(4)36-28(32)24-12-18(2)10-22(26(24)34)14-30-6-7-31-15-19(3)35-27(31)23(11-17)25(21)33;2*2-1-3;;/h9-14,19-20,27-28,33-34H,5-8,15-16H2,1-4H3;;;;/q;2*-1;2*+2/p-2/t19-,20+,27-,28+;;;;. The zero-order chi connectivity index (χ0) is 30.8. The number of hydrogen-bond acceptors (Lipinski definition) is 10. The van der Waals surface area contributed by atoms with Gasteiger partial charge in [0.05, 0.1) is 25.3 Å². The number of thiocarbonyl (C=S) groups is 2. The Morgan fingerprint density at radius 1 is 0.750 bits per heavy atom.